The summed E-state index contributed by atoms with van der Waals surface area (Å²) in [5, 5.41) is 2.99. The summed E-state index contributed by atoms with van der Waals surface area (Å²) in [6.45, 7) is 3.14. The van der Waals surface area contributed by atoms with Crippen molar-refractivity contribution in [2.45, 2.75) is 70.3 Å². The number of amides is 3. The number of nitrogens with zero attached hydrogens (tertiary/aromatic N) is 2. The minimum atomic E-state index is 0.0491. The molecular formula is C18H31N3O2. The molecule has 5 heteroatoms. The first-order valence-corrected chi connectivity index (χ1v) is 9.58. The zero-order chi connectivity index (χ0) is 16.1. The zero-order valence-corrected chi connectivity index (χ0v) is 14.3. The topological polar surface area (TPSA) is 52.7 Å². The lowest BCUT2D eigenvalue weighted by Gasteiger charge is -2.44. The van der Waals surface area contributed by atoms with E-state index < -0.39 is 0 Å². The highest BCUT2D eigenvalue weighted by Crippen LogP contribution is 2.35. The van der Waals surface area contributed by atoms with Crippen molar-refractivity contribution < 1.29 is 9.59 Å². The summed E-state index contributed by atoms with van der Waals surface area (Å²) in [6, 6.07) is 0.489. The number of nitrogens with one attached hydrogen (secondary N) is 1. The molecule has 0 bridgehead atoms. The van der Waals surface area contributed by atoms with Crippen LogP contribution in [0.25, 0.3) is 0 Å². The number of piperidine rings is 2. The molecule has 0 spiro atoms. The first-order valence-electron chi connectivity index (χ1n) is 9.58. The van der Waals surface area contributed by atoms with E-state index in [-0.39, 0.29) is 11.9 Å². The lowest BCUT2D eigenvalue weighted by molar-refractivity contribution is -0.131. The van der Waals surface area contributed by atoms with E-state index in [1.807, 2.05) is 4.90 Å². The number of likely N-dealkylation sites (tertiary alicyclic amines) is 2. The molecule has 1 aliphatic carbocycles. The summed E-state index contributed by atoms with van der Waals surface area (Å²) in [5.41, 5.74) is 0. The molecule has 0 aromatic carbocycles. The summed E-state index contributed by atoms with van der Waals surface area (Å²) >= 11 is 0. The molecular weight excluding hydrogens is 290 g/mol. The molecule has 0 radical (unpaired) electrons. The first-order chi connectivity index (χ1) is 11.3. The summed E-state index contributed by atoms with van der Waals surface area (Å²) in [5.74, 6) is 0.900. The highest BCUT2D eigenvalue weighted by Gasteiger charge is 2.35. The second-order valence-corrected chi connectivity index (χ2v) is 7.37. The van der Waals surface area contributed by atoms with E-state index in [1.165, 1.54) is 32.1 Å². The number of carbonyl (C=O) groups excluding carboxylic acids is 2. The number of hydrogen-bond acceptors (Lipinski definition) is 2. The van der Waals surface area contributed by atoms with Crippen LogP contribution in [0.5, 0.6) is 0 Å². The van der Waals surface area contributed by atoms with Crippen molar-refractivity contribution in [2.75, 3.05) is 26.2 Å². The number of urea groups is 1. The molecule has 2 saturated heterocycles. The van der Waals surface area contributed by atoms with Crippen LogP contribution in [0, 0.1) is 5.92 Å². The van der Waals surface area contributed by atoms with Gasteiger partial charge < -0.3 is 15.1 Å². The monoisotopic (exact) mass is 321 g/mol. The Hall–Kier alpha value is -1.26. The van der Waals surface area contributed by atoms with E-state index in [4.69, 9.17) is 0 Å². The zero-order valence-electron chi connectivity index (χ0n) is 14.3. The maximum Gasteiger partial charge on any atom is 0.317 e. The van der Waals surface area contributed by atoms with E-state index in [1.54, 1.807) is 0 Å². The van der Waals surface area contributed by atoms with Crippen LogP contribution in [0.3, 0.4) is 0 Å². The highest BCUT2D eigenvalue weighted by molar-refractivity contribution is 5.78. The van der Waals surface area contributed by atoms with E-state index in [9.17, 15) is 9.59 Å². The quantitative estimate of drug-likeness (QED) is 0.869. The van der Waals surface area contributed by atoms with Crippen LogP contribution in [-0.2, 0) is 4.79 Å². The van der Waals surface area contributed by atoms with Gasteiger partial charge in [-0.15, -0.1) is 0 Å². The fourth-order valence-electron chi connectivity index (χ4n) is 4.56. The van der Waals surface area contributed by atoms with Crippen LogP contribution >= 0.6 is 0 Å². The van der Waals surface area contributed by atoms with E-state index in [2.05, 4.69) is 10.2 Å². The van der Waals surface area contributed by atoms with Gasteiger partial charge in [0.2, 0.25) is 5.91 Å². The van der Waals surface area contributed by atoms with Crippen molar-refractivity contribution in [1.82, 2.24) is 15.1 Å². The number of hydrogen-bond donors (Lipinski definition) is 1. The molecule has 3 rings (SSSR count). The standard InChI is InChI=1S/C18H31N3O2/c22-17(20-12-4-1-5-13-20)10-11-19-18(23)21-14-6-8-15-7-2-3-9-16(15)21/h15-16H,1-14H2,(H,19,23). The average molecular weight is 321 g/mol. The molecule has 2 atom stereocenters. The summed E-state index contributed by atoms with van der Waals surface area (Å²) in [7, 11) is 0. The Bertz CT molecular complexity index is 418. The Morgan fingerprint density at radius 1 is 0.870 bits per heavy atom. The Balaban J connectivity index is 1.42. The van der Waals surface area contributed by atoms with E-state index >= 15 is 0 Å². The van der Waals surface area contributed by atoms with Gasteiger partial charge in [0, 0.05) is 38.6 Å². The highest BCUT2D eigenvalue weighted by atomic mass is 16.2. The molecule has 2 unspecified atom stereocenters. The fourth-order valence-corrected chi connectivity index (χ4v) is 4.56. The van der Waals surface area contributed by atoms with Gasteiger partial charge >= 0.3 is 6.03 Å². The van der Waals surface area contributed by atoms with Crippen LogP contribution in [0.15, 0.2) is 0 Å². The second kappa shape index (κ2) is 8.02. The number of rotatable bonds is 3. The van der Waals surface area contributed by atoms with Gasteiger partial charge in [0.15, 0.2) is 0 Å². The minimum absolute atomic E-state index is 0.0491. The predicted molar refractivity (Wildman–Crippen MR) is 90.1 cm³/mol. The molecule has 2 aliphatic heterocycles. The van der Waals surface area contributed by atoms with Gasteiger partial charge in [0.05, 0.1) is 0 Å². The van der Waals surface area contributed by atoms with Crippen molar-refractivity contribution in [3.05, 3.63) is 0 Å². The molecule has 0 aromatic rings. The second-order valence-electron chi connectivity index (χ2n) is 7.37. The third-order valence-corrected chi connectivity index (χ3v) is 5.83. The van der Waals surface area contributed by atoms with Crippen LogP contribution in [0.1, 0.15) is 64.2 Å². The van der Waals surface area contributed by atoms with Gasteiger partial charge in [-0.3, -0.25) is 4.79 Å². The summed E-state index contributed by atoms with van der Waals surface area (Å²) < 4.78 is 0. The van der Waals surface area contributed by atoms with Crippen molar-refractivity contribution in [2.24, 2.45) is 5.92 Å². The SMILES string of the molecule is O=C(CCNC(=O)N1CCCC2CCCCC21)N1CCCCC1. The third-order valence-electron chi connectivity index (χ3n) is 5.83. The Labute approximate surface area is 139 Å². The molecule has 2 heterocycles. The Kier molecular flexibility index (Phi) is 5.79. The van der Waals surface area contributed by atoms with Crippen LogP contribution < -0.4 is 5.32 Å². The maximum absolute atomic E-state index is 12.5. The molecule has 1 saturated carbocycles. The van der Waals surface area contributed by atoms with Crippen LogP contribution in [0.4, 0.5) is 4.79 Å². The largest absolute Gasteiger partial charge is 0.343 e. The van der Waals surface area contributed by atoms with Gasteiger partial charge in [-0.1, -0.05) is 12.8 Å². The molecule has 3 amide bonds. The average Bonchev–Trinajstić information content (AvgIpc) is 2.61. The van der Waals surface area contributed by atoms with E-state index in [0.717, 1.165) is 45.3 Å². The first kappa shape index (κ1) is 16.6. The summed E-state index contributed by atoms with van der Waals surface area (Å²) in [4.78, 5) is 28.7. The lowest BCUT2D eigenvalue weighted by Crippen LogP contribution is -2.53. The van der Waals surface area contributed by atoms with Crippen molar-refractivity contribution >= 4 is 11.9 Å². The molecule has 3 aliphatic rings. The Morgan fingerprint density at radius 2 is 1.61 bits per heavy atom. The summed E-state index contributed by atoms with van der Waals surface area (Å²) in [6.07, 6.45) is 11.3. The number of carbonyl (C=O) groups is 2. The fraction of sp³-hybridized carbons (Fsp3) is 0.889. The number of fused-ring (bicyclic) bond motifs is 1. The molecule has 1 N–H and O–H groups in total. The van der Waals surface area contributed by atoms with E-state index in [0.29, 0.717) is 24.9 Å². The Morgan fingerprint density at radius 3 is 2.43 bits per heavy atom. The van der Waals surface area contributed by atoms with Crippen molar-refractivity contribution in [1.29, 1.82) is 0 Å². The van der Waals surface area contributed by atoms with Gasteiger partial charge in [-0.25, -0.2) is 4.79 Å². The smallest absolute Gasteiger partial charge is 0.317 e. The van der Waals surface area contributed by atoms with Gasteiger partial charge in [0.25, 0.3) is 0 Å². The molecule has 5 nitrogen and oxygen atoms in total. The lowest BCUT2D eigenvalue weighted by atomic mass is 9.78. The van der Waals surface area contributed by atoms with Gasteiger partial charge in [-0.2, -0.15) is 0 Å². The maximum atomic E-state index is 12.5. The molecule has 23 heavy (non-hydrogen) atoms. The van der Waals surface area contributed by atoms with Gasteiger partial charge in [-0.05, 0) is 50.9 Å². The third kappa shape index (κ3) is 4.18. The van der Waals surface area contributed by atoms with Crippen molar-refractivity contribution in [3.63, 3.8) is 0 Å². The van der Waals surface area contributed by atoms with Crippen molar-refractivity contribution in [3.8, 4) is 0 Å². The molecule has 3 fully saturated rings. The molecule has 130 valence electrons. The van der Waals surface area contributed by atoms with Crippen LogP contribution in [0.2, 0.25) is 0 Å². The van der Waals surface area contributed by atoms with Gasteiger partial charge in [0.1, 0.15) is 0 Å². The molecule has 0 aromatic heterocycles. The normalized spacial score (nSPS) is 28.2. The van der Waals surface area contributed by atoms with Crippen LogP contribution in [-0.4, -0.2) is 54.0 Å². The minimum Gasteiger partial charge on any atom is -0.343 e. The predicted octanol–water partition coefficient (Wildman–Crippen LogP) is 2.75.